The van der Waals surface area contributed by atoms with Crippen LogP contribution in [0.5, 0.6) is 0 Å². The highest BCUT2D eigenvalue weighted by Crippen LogP contribution is 2.22. The standard InChI is InChI=1S/C11H19BrN2O/c1-5-9(4)14-11(7-15-8(2)3)10(12)6-13-14/h6,8-9H,5,7H2,1-4H3. The molecule has 1 rings (SSSR count). The summed E-state index contributed by atoms with van der Waals surface area (Å²) < 4.78 is 8.68. The molecule has 0 aliphatic heterocycles. The van der Waals surface area contributed by atoms with Crippen molar-refractivity contribution in [1.82, 2.24) is 9.78 Å². The Hall–Kier alpha value is -0.350. The molecule has 0 bridgehead atoms. The maximum Gasteiger partial charge on any atom is 0.0899 e. The van der Waals surface area contributed by atoms with Crippen LogP contribution in [0.4, 0.5) is 0 Å². The first kappa shape index (κ1) is 12.7. The van der Waals surface area contributed by atoms with Crippen LogP contribution in [0.2, 0.25) is 0 Å². The lowest BCUT2D eigenvalue weighted by atomic mass is 10.2. The van der Waals surface area contributed by atoms with E-state index in [0.717, 1.165) is 16.6 Å². The van der Waals surface area contributed by atoms with E-state index in [1.165, 1.54) is 0 Å². The number of hydrogen-bond donors (Lipinski definition) is 0. The normalized spacial score (nSPS) is 13.5. The van der Waals surface area contributed by atoms with Crippen LogP contribution in [0, 0.1) is 0 Å². The van der Waals surface area contributed by atoms with E-state index in [1.54, 1.807) is 0 Å². The van der Waals surface area contributed by atoms with E-state index in [-0.39, 0.29) is 6.10 Å². The van der Waals surface area contributed by atoms with E-state index in [1.807, 2.05) is 24.7 Å². The van der Waals surface area contributed by atoms with Crippen molar-refractivity contribution in [3.63, 3.8) is 0 Å². The highest BCUT2D eigenvalue weighted by molar-refractivity contribution is 9.10. The van der Waals surface area contributed by atoms with E-state index in [2.05, 4.69) is 34.9 Å². The van der Waals surface area contributed by atoms with Crippen LogP contribution < -0.4 is 0 Å². The predicted octanol–water partition coefficient (Wildman–Crippen LogP) is 3.54. The second-order valence-corrected chi connectivity index (χ2v) is 4.86. The summed E-state index contributed by atoms with van der Waals surface area (Å²) in [5.41, 5.74) is 1.12. The lowest BCUT2D eigenvalue weighted by molar-refractivity contribution is 0.0599. The van der Waals surface area contributed by atoms with Crippen molar-refractivity contribution in [2.45, 2.75) is 52.9 Å². The Labute approximate surface area is 99.9 Å². The van der Waals surface area contributed by atoms with Gasteiger partial charge in [-0.3, -0.25) is 4.68 Å². The quantitative estimate of drug-likeness (QED) is 0.821. The van der Waals surface area contributed by atoms with Crippen LogP contribution in [-0.2, 0) is 11.3 Å². The summed E-state index contributed by atoms with van der Waals surface area (Å²) in [5.74, 6) is 0. The summed E-state index contributed by atoms with van der Waals surface area (Å²) in [6, 6.07) is 0.419. The zero-order chi connectivity index (χ0) is 11.4. The minimum Gasteiger partial charge on any atom is -0.372 e. The number of hydrogen-bond acceptors (Lipinski definition) is 2. The Bertz CT molecular complexity index is 310. The molecule has 15 heavy (non-hydrogen) atoms. The Kier molecular flexibility index (Phi) is 4.80. The van der Waals surface area contributed by atoms with Crippen LogP contribution in [0.1, 0.15) is 45.9 Å². The van der Waals surface area contributed by atoms with Gasteiger partial charge in [-0.05, 0) is 43.1 Å². The molecule has 0 aromatic carbocycles. The molecule has 86 valence electrons. The molecule has 0 amide bonds. The van der Waals surface area contributed by atoms with Gasteiger partial charge in [0.2, 0.25) is 0 Å². The fourth-order valence-electron chi connectivity index (χ4n) is 1.30. The topological polar surface area (TPSA) is 27.1 Å². The number of halogens is 1. The van der Waals surface area contributed by atoms with Gasteiger partial charge in [0.1, 0.15) is 0 Å². The average molecular weight is 275 g/mol. The zero-order valence-electron chi connectivity index (χ0n) is 9.83. The maximum atomic E-state index is 5.61. The molecule has 0 aliphatic carbocycles. The smallest absolute Gasteiger partial charge is 0.0899 e. The van der Waals surface area contributed by atoms with Crippen molar-refractivity contribution in [2.75, 3.05) is 0 Å². The first-order valence-electron chi connectivity index (χ1n) is 5.39. The lowest BCUT2D eigenvalue weighted by Gasteiger charge is -2.15. The van der Waals surface area contributed by atoms with Gasteiger partial charge in [0.25, 0.3) is 0 Å². The van der Waals surface area contributed by atoms with Crippen molar-refractivity contribution in [3.8, 4) is 0 Å². The molecule has 1 heterocycles. The molecule has 0 N–H and O–H groups in total. The van der Waals surface area contributed by atoms with Crippen molar-refractivity contribution < 1.29 is 4.74 Å². The first-order valence-corrected chi connectivity index (χ1v) is 6.19. The molecule has 0 saturated heterocycles. The molecule has 0 aliphatic rings. The van der Waals surface area contributed by atoms with E-state index in [9.17, 15) is 0 Å². The second-order valence-electron chi connectivity index (χ2n) is 4.00. The Morgan fingerprint density at radius 2 is 2.13 bits per heavy atom. The summed E-state index contributed by atoms with van der Waals surface area (Å²) in [4.78, 5) is 0. The van der Waals surface area contributed by atoms with Gasteiger partial charge in [-0.25, -0.2) is 0 Å². The minimum atomic E-state index is 0.247. The number of rotatable bonds is 5. The molecular weight excluding hydrogens is 256 g/mol. The van der Waals surface area contributed by atoms with Crippen molar-refractivity contribution in [1.29, 1.82) is 0 Å². The Morgan fingerprint density at radius 3 is 2.67 bits per heavy atom. The van der Waals surface area contributed by atoms with Crippen molar-refractivity contribution >= 4 is 15.9 Å². The predicted molar refractivity (Wildman–Crippen MR) is 64.9 cm³/mol. The summed E-state index contributed by atoms with van der Waals surface area (Å²) in [6.07, 6.45) is 3.16. The van der Waals surface area contributed by atoms with Gasteiger partial charge >= 0.3 is 0 Å². The highest BCUT2D eigenvalue weighted by Gasteiger charge is 2.13. The van der Waals surface area contributed by atoms with Crippen LogP contribution in [0.15, 0.2) is 10.7 Å². The molecule has 1 aromatic rings. The van der Waals surface area contributed by atoms with Gasteiger partial charge in [0, 0.05) is 6.04 Å². The molecular formula is C11H19BrN2O. The molecule has 3 nitrogen and oxygen atoms in total. The largest absolute Gasteiger partial charge is 0.372 e. The number of ether oxygens (including phenoxy) is 1. The number of aromatic nitrogens is 2. The monoisotopic (exact) mass is 274 g/mol. The maximum absolute atomic E-state index is 5.61. The molecule has 1 unspecified atom stereocenters. The highest BCUT2D eigenvalue weighted by atomic mass is 79.9. The Morgan fingerprint density at radius 1 is 1.47 bits per heavy atom. The summed E-state index contributed by atoms with van der Waals surface area (Å²) in [7, 11) is 0. The SMILES string of the molecule is CCC(C)n1ncc(Br)c1COC(C)C. The van der Waals surface area contributed by atoms with Gasteiger partial charge in [0.15, 0.2) is 0 Å². The summed E-state index contributed by atoms with van der Waals surface area (Å²) in [6.45, 7) is 9.02. The molecule has 0 fully saturated rings. The van der Waals surface area contributed by atoms with E-state index >= 15 is 0 Å². The Balaban J connectivity index is 2.79. The van der Waals surface area contributed by atoms with Crippen LogP contribution >= 0.6 is 15.9 Å². The minimum absolute atomic E-state index is 0.247. The van der Waals surface area contributed by atoms with Gasteiger partial charge in [-0.2, -0.15) is 5.10 Å². The third-order valence-corrected chi connectivity index (χ3v) is 3.07. The zero-order valence-corrected chi connectivity index (χ0v) is 11.4. The van der Waals surface area contributed by atoms with Crippen LogP contribution in [0.25, 0.3) is 0 Å². The molecule has 0 spiro atoms. The van der Waals surface area contributed by atoms with E-state index < -0.39 is 0 Å². The van der Waals surface area contributed by atoms with Crippen molar-refractivity contribution in [2.24, 2.45) is 0 Å². The van der Waals surface area contributed by atoms with Gasteiger partial charge in [0.05, 0.1) is 29.1 Å². The van der Waals surface area contributed by atoms with Gasteiger partial charge in [-0.15, -0.1) is 0 Å². The van der Waals surface area contributed by atoms with E-state index in [0.29, 0.717) is 12.6 Å². The molecule has 1 aromatic heterocycles. The lowest BCUT2D eigenvalue weighted by Crippen LogP contribution is -2.12. The second kappa shape index (κ2) is 5.66. The fourth-order valence-corrected chi connectivity index (χ4v) is 1.69. The van der Waals surface area contributed by atoms with Crippen molar-refractivity contribution in [3.05, 3.63) is 16.4 Å². The summed E-state index contributed by atoms with van der Waals surface area (Å²) >= 11 is 3.50. The first-order chi connectivity index (χ1) is 7.06. The molecule has 1 atom stereocenters. The molecule has 0 saturated carbocycles. The molecule has 0 radical (unpaired) electrons. The summed E-state index contributed by atoms with van der Waals surface area (Å²) in [5, 5.41) is 4.35. The van der Waals surface area contributed by atoms with Gasteiger partial charge < -0.3 is 4.74 Å². The molecule has 4 heteroatoms. The third-order valence-electron chi connectivity index (χ3n) is 2.41. The average Bonchev–Trinajstić information content (AvgIpc) is 2.55. The van der Waals surface area contributed by atoms with Crippen LogP contribution in [0.3, 0.4) is 0 Å². The van der Waals surface area contributed by atoms with Crippen LogP contribution in [-0.4, -0.2) is 15.9 Å². The fraction of sp³-hybridized carbons (Fsp3) is 0.727. The third kappa shape index (κ3) is 3.31. The number of nitrogens with zero attached hydrogens (tertiary/aromatic N) is 2. The van der Waals surface area contributed by atoms with E-state index in [4.69, 9.17) is 4.74 Å². The van der Waals surface area contributed by atoms with Gasteiger partial charge in [-0.1, -0.05) is 6.92 Å².